The fraction of sp³-hybridized carbons (Fsp3) is 0.500. The molecule has 0 N–H and O–H groups in total. The Labute approximate surface area is 105 Å². The zero-order valence-corrected chi connectivity index (χ0v) is 10.6. The molecule has 2 aliphatic rings. The highest BCUT2D eigenvalue weighted by molar-refractivity contribution is 7.10. The summed E-state index contributed by atoms with van der Waals surface area (Å²) in [4.78, 5) is 12.9. The minimum atomic E-state index is -0.390. The van der Waals surface area contributed by atoms with Crippen LogP contribution in [0, 0.1) is 5.92 Å². The van der Waals surface area contributed by atoms with Crippen LogP contribution in [0.15, 0.2) is 29.7 Å². The lowest BCUT2D eigenvalue weighted by Gasteiger charge is -2.32. The summed E-state index contributed by atoms with van der Waals surface area (Å²) in [5.74, 6) is 0.273. The Kier molecular flexibility index (Phi) is 2.58. The molecule has 3 rings (SSSR count). The largest absolute Gasteiger partial charge is 0.449 e. The summed E-state index contributed by atoms with van der Waals surface area (Å²) >= 11 is 1.69. The van der Waals surface area contributed by atoms with Gasteiger partial charge < -0.3 is 4.74 Å². The average molecular weight is 248 g/mol. The highest BCUT2D eigenvalue weighted by Gasteiger charge is 2.51. The molecule has 1 aliphatic carbocycles. The molecule has 90 valence electrons. The van der Waals surface area contributed by atoms with Crippen molar-refractivity contribution in [1.29, 1.82) is 0 Å². The number of hydrogen-bond acceptors (Lipinski definition) is 3. The molecule has 0 amide bonds. The number of hydrogen-bond donors (Lipinski definition) is 0. The molecule has 17 heavy (non-hydrogen) atoms. The smallest absolute Gasteiger partial charge is 0.334 e. The van der Waals surface area contributed by atoms with E-state index in [1.807, 2.05) is 6.07 Å². The molecule has 2 heterocycles. The van der Waals surface area contributed by atoms with Gasteiger partial charge in [-0.25, -0.2) is 4.79 Å². The molecule has 2 fully saturated rings. The second kappa shape index (κ2) is 3.98. The van der Waals surface area contributed by atoms with Gasteiger partial charge in [0.1, 0.15) is 0 Å². The van der Waals surface area contributed by atoms with Gasteiger partial charge in [0.25, 0.3) is 0 Å². The fourth-order valence-electron chi connectivity index (χ4n) is 3.14. The van der Waals surface area contributed by atoms with Crippen LogP contribution in [0.5, 0.6) is 0 Å². The van der Waals surface area contributed by atoms with Crippen molar-refractivity contribution in [3.8, 4) is 0 Å². The zero-order valence-electron chi connectivity index (χ0n) is 9.78. The Morgan fingerprint density at radius 1 is 1.41 bits per heavy atom. The van der Waals surface area contributed by atoms with Crippen molar-refractivity contribution in [1.82, 2.24) is 0 Å². The number of cyclic esters (lactones) is 1. The van der Waals surface area contributed by atoms with E-state index in [4.69, 9.17) is 4.74 Å². The Morgan fingerprint density at radius 2 is 2.18 bits per heavy atom. The van der Waals surface area contributed by atoms with Gasteiger partial charge in [0, 0.05) is 22.8 Å². The molecule has 0 spiro atoms. The van der Waals surface area contributed by atoms with Crippen molar-refractivity contribution in [2.45, 2.75) is 37.7 Å². The molecule has 0 radical (unpaired) electrons. The van der Waals surface area contributed by atoms with Gasteiger partial charge in [-0.05, 0) is 24.3 Å². The lowest BCUT2D eigenvalue weighted by Crippen LogP contribution is -2.32. The summed E-state index contributed by atoms with van der Waals surface area (Å²) < 4.78 is 5.76. The topological polar surface area (TPSA) is 26.3 Å². The lowest BCUT2D eigenvalue weighted by molar-refractivity contribution is -0.152. The second-order valence-electron chi connectivity index (χ2n) is 5.02. The van der Waals surface area contributed by atoms with E-state index < -0.39 is 5.60 Å². The first kappa shape index (κ1) is 11.0. The van der Waals surface area contributed by atoms with Gasteiger partial charge in [-0.3, -0.25) is 0 Å². The van der Waals surface area contributed by atoms with E-state index in [0.717, 1.165) is 0 Å². The average Bonchev–Trinajstić information content (AvgIpc) is 3.01. The molecular weight excluding hydrogens is 232 g/mol. The number of carbonyl (C=O) groups is 1. The van der Waals surface area contributed by atoms with Gasteiger partial charge in [-0.2, -0.15) is 0 Å². The van der Waals surface area contributed by atoms with E-state index >= 15 is 0 Å². The Bertz CT molecular complexity index is 425. The number of carbonyl (C=O) groups excluding carboxylic acids is 1. The minimum absolute atomic E-state index is 0.203. The Morgan fingerprint density at radius 3 is 2.71 bits per heavy atom. The third-order valence-electron chi connectivity index (χ3n) is 3.99. The predicted molar refractivity (Wildman–Crippen MR) is 67.8 cm³/mol. The molecule has 1 saturated carbocycles. The lowest BCUT2D eigenvalue weighted by atomic mass is 9.81. The summed E-state index contributed by atoms with van der Waals surface area (Å²) in [6.45, 7) is 3.84. The van der Waals surface area contributed by atoms with E-state index in [1.54, 1.807) is 11.3 Å². The minimum Gasteiger partial charge on any atom is -0.449 e. The molecule has 2 nitrogen and oxygen atoms in total. The fourth-order valence-corrected chi connectivity index (χ4v) is 4.08. The molecule has 0 bridgehead atoms. The van der Waals surface area contributed by atoms with E-state index in [1.165, 1.54) is 30.6 Å². The van der Waals surface area contributed by atoms with Gasteiger partial charge >= 0.3 is 5.97 Å². The first-order valence-electron chi connectivity index (χ1n) is 6.17. The van der Waals surface area contributed by atoms with Crippen LogP contribution < -0.4 is 0 Å². The van der Waals surface area contributed by atoms with Crippen molar-refractivity contribution in [3.05, 3.63) is 34.5 Å². The van der Waals surface area contributed by atoms with Crippen LogP contribution in [0.4, 0.5) is 0 Å². The van der Waals surface area contributed by atoms with Crippen LogP contribution in [-0.4, -0.2) is 5.97 Å². The van der Waals surface area contributed by atoms with E-state index in [0.29, 0.717) is 17.9 Å². The van der Waals surface area contributed by atoms with Gasteiger partial charge in [0.05, 0.1) is 0 Å². The summed E-state index contributed by atoms with van der Waals surface area (Å²) in [7, 11) is 0. The second-order valence-corrected chi connectivity index (χ2v) is 5.97. The van der Waals surface area contributed by atoms with Crippen LogP contribution in [0.2, 0.25) is 0 Å². The van der Waals surface area contributed by atoms with Crippen LogP contribution in [0.25, 0.3) is 0 Å². The Balaban J connectivity index is 2.02. The van der Waals surface area contributed by atoms with Crippen molar-refractivity contribution in [2.75, 3.05) is 0 Å². The number of thiophene rings is 1. The van der Waals surface area contributed by atoms with Crippen molar-refractivity contribution in [3.63, 3.8) is 0 Å². The SMILES string of the molecule is C=C1CC(c2cccs2)(C2CCCC2)OC1=O. The highest BCUT2D eigenvalue weighted by atomic mass is 32.1. The normalized spacial score (nSPS) is 29.9. The molecule has 1 aromatic rings. The molecule has 3 heteroatoms. The summed E-state index contributed by atoms with van der Waals surface area (Å²) in [6.07, 6.45) is 5.51. The zero-order chi connectivity index (χ0) is 11.9. The van der Waals surface area contributed by atoms with Gasteiger partial charge in [0.2, 0.25) is 0 Å². The molecule has 0 aromatic carbocycles. The monoisotopic (exact) mass is 248 g/mol. The quantitative estimate of drug-likeness (QED) is 0.590. The standard InChI is InChI=1S/C14H16O2S/c1-10-9-14(16-13(10)15,11-5-2-3-6-11)12-7-4-8-17-12/h4,7-8,11H,1-3,5-6,9H2. The van der Waals surface area contributed by atoms with Crippen LogP contribution in [0.1, 0.15) is 37.0 Å². The molecular formula is C14H16O2S. The molecule has 1 saturated heterocycles. The highest BCUT2D eigenvalue weighted by Crippen LogP contribution is 2.51. The number of ether oxygens (including phenoxy) is 1. The maximum Gasteiger partial charge on any atom is 0.334 e. The maximum atomic E-state index is 11.7. The first-order chi connectivity index (χ1) is 8.22. The predicted octanol–water partition coefficient (Wildman–Crippen LogP) is 3.64. The van der Waals surface area contributed by atoms with Gasteiger partial charge in [-0.1, -0.05) is 25.5 Å². The number of rotatable bonds is 2. The van der Waals surface area contributed by atoms with E-state index in [-0.39, 0.29) is 5.97 Å². The summed E-state index contributed by atoms with van der Waals surface area (Å²) in [6, 6.07) is 4.13. The van der Waals surface area contributed by atoms with Crippen LogP contribution in [-0.2, 0) is 15.1 Å². The summed E-state index contributed by atoms with van der Waals surface area (Å²) in [5.41, 5.74) is 0.240. The molecule has 1 aliphatic heterocycles. The number of esters is 1. The van der Waals surface area contributed by atoms with Gasteiger partial charge in [-0.15, -0.1) is 11.3 Å². The van der Waals surface area contributed by atoms with Crippen LogP contribution >= 0.6 is 11.3 Å². The Hall–Kier alpha value is -1.09. The molecule has 1 atom stereocenters. The van der Waals surface area contributed by atoms with Gasteiger partial charge in [0.15, 0.2) is 5.60 Å². The van der Waals surface area contributed by atoms with Crippen LogP contribution in [0.3, 0.4) is 0 Å². The third kappa shape index (κ3) is 1.64. The van der Waals surface area contributed by atoms with Crippen molar-refractivity contribution in [2.24, 2.45) is 5.92 Å². The molecule has 1 unspecified atom stereocenters. The first-order valence-corrected chi connectivity index (χ1v) is 7.05. The maximum absolute atomic E-state index is 11.7. The van der Waals surface area contributed by atoms with E-state index in [9.17, 15) is 4.79 Å². The summed E-state index contributed by atoms with van der Waals surface area (Å²) in [5, 5.41) is 2.06. The van der Waals surface area contributed by atoms with Crippen molar-refractivity contribution >= 4 is 17.3 Å². The third-order valence-corrected chi connectivity index (χ3v) is 5.02. The van der Waals surface area contributed by atoms with E-state index in [2.05, 4.69) is 18.0 Å². The van der Waals surface area contributed by atoms with Crippen molar-refractivity contribution < 1.29 is 9.53 Å². The molecule has 1 aromatic heterocycles.